The quantitative estimate of drug-likeness (QED) is 0.258. The molecule has 0 bridgehead atoms. The number of amides is 2. The molecule has 4 aromatic rings. The van der Waals surface area contributed by atoms with Gasteiger partial charge in [-0.15, -0.1) is 10.2 Å². The Bertz CT molecular complexity index is 1530. The number of hydrogen-bond donors (Lipinski definition) is 0. The van der Waals surface area contributed by atoms with Crippen molar-refractivity contribution in [3.05, 3.63) is 101 Å². The zero-order valence-corrected chi connectivity index (χ0v) is 25.0. The van der Waals surface area contributed by atoms with Gasteiger partial charge in [0.15, 0.2) is 17.3 Å². The summed E-state index contributed by atoms with van der Waals surface area (Å²) in [5.41, 5.74) is 3.21. The van der Waals surface area contributed by atoms with Crippen LogP contribution in [0.1, 0.15) is 15.9 Å². The van der Waals surface area contributed by atoms with Crippen LogP contribution in [-0.2, 0) is 11.2 Å². The predicted octanol–water partition coefficient (Wildman–Crippen LogP) is 4.85. The van der Waals surface area contributed by atoms with Gasteiger partial charge in [0, 0.05) is 48.9 Å². The number of ether oxygens (including phenoxy) is 2. The molecular weight excluding hydrogens is 566 g/mol. The first-order chi connectivity index (χ1) is 20.9. The van der Waals surface area contributed by atoms with E-state index in [1.165, 1.54) is 0 Å². The standard InChI is InChI=1S/C33H34ClN5O4/c1-42-29-14-10-26(22-30(29)43-2)28-13-15-31(36-35-28)37-18-20-38(21-19-37)32(40)23-39(17-16-24-6-4-3-5-7-24)33(41)25-8-11-27(34)12-9-25/h3-15,22H,16-21,23H2,1-2H3. The van der Waals surface area contributed by atoms with Crippen molar-refractivity contribution in [1.82, 2.24) is 20.0 Å². The number of methoxy groups -OCH3 is 2. The summed E-state index contributed by atoms with van der Waals surface area (Å²) >= 11 is 6.03. The lowest BCUT2D eigenvalue weighted by Gasteiger charge is -2.36. The highest BCUT2D eigenvalue weighted by molar-refractivity contribution is 6.30. The summed E-state index contributed by atoms with van der Waals surface area (Å²) in [6.07, 6.45) is 0.652. The van der Waals surface area contributed by atoms with Gasteiger partial charge in [-0.3, -0.25) is 9.59 Å². The van der Waals surface area contributed by atoms with Crippen LogP contribution in [0, 0.1) is 0 Å². The van der Waals surface area contributed by atoms with Crippen LogP contribution >= 0.6 is 11.6 Å². The molecule has 1 fully saturated rings. The molecule has 1 aliphatic heterocycles. The van der Waals surface area contributed by atoms with Gasteiger partial charge >= 0.3 is 0 Å². The van der Waals surface area contributed by atoms with Gasteiger partial charge in [0.25, 0.3) is 5.91 Å². The fraction of sp³-hybridized carbons (Fsp3) is 0.273. The van der Waals surface area contributed by atoms with Gasteiger partial charge in [-0.2, -0.15) is 0 Å². The van der Waals surface area contributed by atoms with Gasteiger partial charge < -0.3 is 24.2 Å². The summed E-state index contributed by atoms with van der Waals surface area (Å²) in [6.45, 7) is 2.73. The van der Waals surface area contributed by atoms with E-state index in [0.29, 0.717) is 61.2 Å². The molecule has 0 unspecified atom stereocenters. The van der Waals surface area contributed by atoms with E-state index in [9.17, 15) is 9.59 Å². The maximum Gasteiger partial charge on any atom is 0.254 e. The summed E-state index contributed by atoms with van der Waals surface area (Å²) in [5.74, 6) is 1.75. The van der Waals surface area contributed by atoms with Crippen LogP contribution in [0.2, 0.25) is 5.02 Å². The van der Waals surface area contributed by atoms with Crippen molar-refractivity contribution in [3.8, 4) is 22.8 Å². The molecule has 3 aromatic carbocycles. The fourth-order valence-corrected chi connectivity index (χ4v) is 5.15. The van der Waals surface area contributed by atoms with Gasteiger partial charge in [-0.1, -0.05) is 41.9 Å². The number of aromatic nitrogens is 2. The van der Waals surface area contributed by atoms with Crippen molar-refractivity contribution in [1.29, 1.82) is 0 Å². The van der Waals surface area contributed by atoms with E-state index in [4.69, 9.17) is 21.1 Å². The van der Waals surface area contributed by atoms with Crippen molar-refractivity contribution in [2.45, 2.75) is 6.42 Å². The first kappa shape index (κ1) is 29.8. The molecule has 0 radical (unpaired) electrons. The summed E-state index contributed by atoms with van der Waals surface area (Å²) in [6, 6.07) is 26.2. The number of nitrogens with zero attached hydrogens (tertiary/aromatic N) is 5. The maximum atomic E-state index is 13.4. The van der Waals surface area contributed by atoms with Crippen molar-refractivity contribution in [2.75, 3.05) is 58.4 Å². The Kier molecular flexibility index (Phi) is 9.73. The minimum Gasteiger partial charge on any atom is -0.493 e. The number of hydrogen-bond acceptors (Lipinski definition) is 7. The van der Waals surface area contributed by atoms with Crippen LogP contribution < -0.4 is 14.4 Å². The molecule has 0 atom stereocenters. The largest absolute Gasteiger partial charge is 0.493 e. The first-order valence-corrected chi connectivity index (χ1v) is 14.5. The molecule has 43 heavy (non-hydrogen) atoms. The molecule has 5 rings (SSSR count). The number of carbonyl (C=O) groups excluding carboxylic acids is 2. The van der Waals surface area contributed by atoms with Crippen molar-refractivity contribution in [2.24, 2.45) is 0 Å². The van der Waals surface area contributed by atoms with E-state index in [-0.39, 0.29) is 18.4 Å². The number of piperazine rings is 1. The Hall–Kier alpha value is -4.63. The lowest BCUT2D eigenvalue weighted by molar-refractivity contribution is -0.132. The van der Waals surface area contributed by atoms with Gasteiger partial charge in [-0.05, 0) is 66.6 Å². The third-order valence-electron chi connectivity index (χ3n) is 7.50. The topological polar surface area (TPSA) is 88.1 Å². The molecule has 1 aliphatic rings. The average Bonchev–Trinajstić information content (AvgIpc) is 3.07. The van der Waals surface area contributed by atoms with E-state index in [0.717, 1.165) is 22.6 Å². The monoisotopic (exact) mass is 599 g/mol. The zero-order valence-electron chi connectivity index (χ0n) is 24.3. The smallest absolute Gasteiger partial charge is 0.254 e. The minimum absolute atomic E-state index is 0.00806. The van der Waals surface area contributed by atoms with Crippen molar-refractivity contribution in [3.63, 3.8) is 0 Å². The van der Waals surface area contributed by atoms with Crippen LogP contribution in [0.3, 0.4) is 0 Å². The molecule has 0 aliphatic carbocycles. The Morgan fingerprint density at radius 1 is 0.837 bits per heavy atom. The average molecular weight is 600 g/mol. The Balaban J connectivity index is 1.20. The van der Waals surface area contributed by atoms with E-state index in [1.54, 1.807) is 43.4 Å². The minimum atomic E-state index is -0.190. The molecule has 0 saturated carbocycles. The molecule has 0 spiro atoms. The Morgan fingerprint density at radius 2 is 1.56 bits per heavy atom. The molecule has 0 N–H and O–H groups in total. The van der Waals surface area contributed by atoms with Gasteiger partial charge in [0.1, 0.15) is 6.54 Å². The van der Waals surface area contributed by atoms with Crippen LogP contribution in [0.15, 0.2) is 84.9 Å². The lowest BCUT2D eigenvalue weighted by Crippen LogP contribution is -2.52. The second kappa shape index (κ2) is 14.0. The summed E-state index contributed by atoms with van der Waals surface area (Å²) in [5, 5.41) is 9.43. The van der Waals surface area contributed by atoms with E-state index < -0.39 is 0 Å². The van der Waals surface area contributed by atoms with Crippen LogP contribution in [0.5, 0.6) is 11.5 Å². The molecular formula is C33H34ClN5O4. The zero-order chi connectivity index (χ0) is 30.2. The Labute approximate surface area is 256 Å². The highest BCUT2D eigenvalue weighted by atomic mass is 35.5. The van der Waals surface area contributed by atoms with Crippen molar-refractivity contribution < 1.29 is 19.1 Å². The van der Waals surface area contributed by atoms with Gasteiger partial charge in [0.05, 0.1) is 19.9 Å². The number of anilines is 1. The van der Waals surface area contributed by atoms with Crippen LogP contribution in [0.4, 0.5) is 5.82 Å². The second-order valence-corrected chi connectivity index (χ2v) is 10.6. The number of rotatable bonds is 10. The normalized spacial score (nSPS) is 13.0. The van der Waals surface area contributed by atoms with E-state index in [1.807, 2.05) is 65.6 Å². The second-order valence-electron chi connectivity index (χ2n) is 10.2. The maximum absolute atomic E-state index is 13.4. The molecule has 1 aromatic heterocycles. The lowest BCUT2D eigenvalue weighted by atomic mass is 10.1. The SMILES string of the molecule is COc1ccc(-c2ccc(N3CCN(C(=O)CN(CCc4ccccc4)C(=O)c4ccc(Cl)cc4)CC3)nn2)cc1OC. The number of halogens is 1. The number of benzene rings is 3. The summed E-state index contributed by atoms with van der Waals surface area (Å²) < 4.78 is 10.7. The number of carbonyl (C=O) groups is 2. The molecule has 1 saturated heterocycles. The summed E-state index contributed by atoms with van der Waals surface area (Å²) in [7, 11) is 3.20. The fourth-order valence-electron chi connectivity index (χ4n) is 5.03. The van der Waals surface area contributed by atoms with Crippen LogP contribution in [-0.4, -0.2) is 85.3 Å². The molecule has 2 amide bonds. The highest BCUT2D eigenvalue weighted by Crippen LogP contribution is 2.31. The highest BCUT2D eigenvalue weighted by Gasteiger charge is 2.26. The predicted molar refractivity (Wildman–Crippen MR) is 167 cm³/mol. The third-order valence-corrected chi connectivity index (χ3v) is 7.76. The van der Waals surface area contributed by atoms with Gasteiger partial charge in [-0.25, -0.2) is 0 Å². The van der Waals surface area contributed by atoms with E-state index >= 15 is 0 Å². The van der Waals surface area contributed by atoms with Crippen molar-refractivity contribution >= 4 is 29.2 Å². The van der Waals surface area contributed by atoms with Gasteiger partial charge in [0.2, 0.25) is 5.91 Å². The van der Waals surface area contributed by atoms with E-state index in [2.05, 4.69) is 15.1 Å². The molecule has 222 valence electrons. The molecule has 2 heterocycles. The first-order valence-electron chi connectivity index (χ1n) is 14.1. The molecule has 9 nitrogen and oxygen atoms in total. The van der Waals surface area contributed by atoms with Crippen LogP contribution in [0.25, 0.3) is 11.3 Å². The third kappa shape index (κ3) is 7.42. The summed E-state index contributed by atoms with van der Waals surface area (Å²) in [4.78, 5) is 32.4. The molecule has 10 heteroatoms. The Morgan fingerprint density at radius 3 is 2.21 bits per heavy atom.